The van der Waals surface area contributed by atoms with Crippen molar-refractivity contribution in [3.05, 3.63) is 59.9 Å². The highest BCUT2D eigenvalue weighted by Crippen LogP contribution is 2.17. The lowest BCUT2D eigenvalue weighted by Gasteiger charge is -2.11. The van der Waals surface area contributed by atoms with Crippen LogP contribution in [0.1, 0.15) is 12.5 Å². The second-order valence-electron chi connectivity index (χ2n) is 5.24. The maximum Gasteiger partial charge on any atom is 0.324 e. The number of carbonyl (C=O) groups is 2. The Hall–Kier alpha value is -2.34. The standard InChI is InChI=1S/C18H18FNO3S/c1-12-3-9-16(10-4-12)23-18(22)13(2)24-11-17(21)20-15-7-5-14(19)6-8-15/h3-10,13H,11H2,1-2H3,(H,20,21). The molecule has 0 saturated heterocycles. The highest BCUT2D eigenvalue weighted by molar-refractivity contribution is 8.01. The highest BCUT2D eigenvalue weighted by Gasteiger charge is 2.17. The summed E-state index contributed by atoms with van der Waals surface area (Å²) in [6.07, 6.45) is 0. The Morgan fingerprint density at radius 3 is 2.38 bits per heavy atom. The van der Waals surface area contributed by atoms with Gasteiger partial charge in [0, 0.05) is 5.69 Å². The Morgan fingerprint density at radius 1 is 1.12 bits per heavy atom. The first-order valence-corrected chi connectivity index (χ1v) is 8.44. The topological polar surface area (TPSA) is 55.4 Å². The molecule has 0 heterocycles. The van der Waals surface area contributed by atoms with E-state index >= 15 is 0 Å². The van der Waals surface area contributed by atoms with Gasteiger partial charge in [-0.05, 0) is 50.2 Å². The summed E-state index contributed by atoms with van der Waals surface area (Å²) in [5.74, 6) is -0.453. The van der Waals surface area contributed by atoms with Crippen LogP contribution in [0.2, 0.25) is 0 Å². The van der Waals surface area contributed by atoms with Crippen LogP contribution >= 0.6 is 11.8 Å². The number of nitrogens with one attached hydrogen (secondary N) is 1. The van der Waals surface area contributed by atoms with Crippen molar-refractivity contribution in [1.29, 1.82) is 0 Å². The van der Waals surface area contributed by atoms with Crippen LogP contribution < -0.4 is 10.1 Å². The Balaban J connectivity index is 1.77. The minimum atomic E-state index is -0.481. The minimum absolute atomic E-state index is 0.0988. The molecular weight excluding hydrogens is 329 g/mol. The lowest BCUT2D eigenvalue weighted by molar-refractivity contribution is -0.133. The molecule has 0 aliphatic rings. The van der Waals surface area contributed by atoms with Crippen LogP contribution in [-0.2, 0) is 9.59 Å². The molecule has 0 saturated carbocycles. The van der Waals surface area contributed by atoms with Gasteiger partial charge in [-0.25, -0.2) is 4.39 Å². The molecular formula is C18H18FNO3S. The molecule has 2 aromatic carbocycles. The zero-order valence-corrected chi connectivity index (χ0v) is 14.2. The van der Waals surface area contributed by atoms with Crippen molar-refractivity contribution in [2.24, 2.45) is 0 Å². The van der Waals surface area contributed by atoms with Gasteiger partial charge in [-0.3, -0.25) is 9.59 Å². The van der Waals surface area contributed by atoms with Crippen molar-refractivity contribution in [3.63, 3.8) is 0 Å². The molecule has 1 unspecified atom stereocenters. The molecule has 0 aliphatic heterocycles. The summed E-state index contributed by atoms with van der Waals surface area (Å²) >= 11 is 1.18. The van der Waals surface area contributed by atoms with Crippen molar-refractivity contribution in [3.8, 4) is 5.75 Å². The smallest absolute Gasteiger partial charge is 0.324 e. The van der Waals surface area contributed by atoms with Gasteiger partial charge in [-0.1, -0.05) is 17.7 Å². The zero-order chi connectivity index (χ0) is 17.5. The second kappa shape index (κ2) is 8.49. The Bertz CT molecular complexity index is 701. The largest absolute Gasteiger partial charge is 0.426 e. The Kier molecular flexibility index (Phi) is 6.37. The van der Waals surface area contributed by atoms with E-state index in [0.717, 1.165) is 5.56 Å². The number of amides is 1. The van der Waals surface area contributed by atoms with Gasteiger partial charge in [-0.2, -0.15) is 0 Å². The van der Waals surface area contributed by atoms with Crippen LogP contribution in [-0.4, -0.2) is 22.9 Å². The van der Waals surface area contributed by atoms with E-state index in [1.54, 1.807) is 19.1 Å². The van der Waals surface area contributed by atoms with Crippen molar-refractivity contribution in [1.82, 2.24) is 0 Å². The Morgan fingerprint density at radius 2 is 1.75 bits per heavy atom. The summed E-state index contributed by atoms with van der Waals surface area (Å²) in [7, 11) is 0. The van der Waals surface area contributed by atoms with Crippen molar-refractivity contribution < 1.29 is 18.7 Å². The molecule has 1 atom stereocenters. The van der Waals surface area contributed by atoms with Crippen LogP contribution in [0.5, 0.6) is 5.75 Å². The van der Waals surface area contributed by atoms with Crippen LogP contribution in [0, 0.1) is 12.7 Å². The van der Waals surface area contributed by atoms with E-state index in [0.29, 0.717) is 11.4 Å². The van der Waals surface area contributed by atoms with E-state index in [1.165, 1.54) is 36.0 Å². The third kappa shape index (κ3) is 5.70. The molecule has 24 heavy (non-hydrogen) atoms. The molecule has 1 N–H and O–H groups in total. The number of thioether (sulfide) groups is 1. The number of benzene rings is 2. The fraction of sp³-hybridized carbons (Fsp3) is 0.222. The second-order valence-corrected chi connectivity index (χ2v) is 6.57. The summed E-state index contributed by atoms with van der Waals surface area (Å²) < 4.78 is 18.1. The van der Waals surface area contributed by atoms with Crippen molar-refractivity contribution in [2.45, 2.75) is 19.1 Å². The van der Waals surface area contributed by atoms with Crippen molar-refractivity contribution >= 4 is 29.3 Å². The van der Waals surface area contributed by atoms with E-state index in [1.807, 2.05) is 19.1 Å². The quantitative estimate of drug-likeness (QED) is 0.638. The molecule has 4 nitrogen and oxygen atoms in total. The van der Waals surface area contributed by atoms with Crippen LogP contribution in [0.25, 0.3) is 0 Å². The predicted octanol–water partition coefficient (Wildman–Crippen LogP) is 3.80. The Labute approximate surface area is 144 Å². The molecule has 0 bridgehead atoms. The fourth-order valence-electron chi connectivity index (χ4n) is 1.80. The van der Waals surface area contributed by atoms with Gasteiger partial charge in [0.15, 0.2) is 0 Å². The first-order chi connectivity index (χ1) is 11.4. The third-order valence-corrected chi connectivity index (χ3v) is 4.29. The number of hydrogen-bond donors (Lipinski definition) is 1. The summed E-state index contributed by atoms with van der Waals surface area (Å²) in [5.41, 5.74) is 1.59. The molecule has 6 heteroatoms. The number of esters is 1. The SMILES string of the molecule is Cc1ccc(OC(=O)C(C)SCC(=O)Nc2ccc(F)cc2)cc1. The molecule has 0 spiro atoms. The molecule has 0 aromatic heterocycles. The summed E-state index contributed by atoms with van der Waals surface area (Å²) in [6, 6.07) is 12.7. The van der Waals surface area contributed by atoms with Gasteiger partial charge in [0.1, 0.15) is 16.8 Å². The first kappa shape index (κ1) is 18.0. The average molecular weight is 347 g/mol. The summed E-state index contributed by atoms with van der Waals surface area (Å²) in [5, 5.41) is 2.16. The number of ether oxygens (including phenoxy) is 1. The number of hydrogen-bond acceptors (Lipinski definition) is 4. The lowest BCUT2D eigenvalue weighted by atomic mass is 10.2. The van der Waals surface area contributed by atoms with E-state index < -0.39 is 11.2 Å². The molecule has 2 aromatic rings. The van der Waals surface area contributed by atoms with E-state index in [9.17, 15) is 14.0 Å². The molecule has 126 valence electrons. The third-order valence-electron chi connectivity index (χ3n) is 3.16. The highest BCUT2D eigenvalue weighted by atomic mass is 32.2. The van der Waals surface area contributed by atoms with E-state index in [-0.39, 0.29) is 17.5 Å². The van der Waals surface area contributed by atoms with Gasteiger partial charge in [0.2, 0.25) is 5.91 Å². The van der Waals surface area contributed by atoms with Crippen LogP contribution in [0.15, 0.2) is 48.5 Å². The molecule has 0 radical (unpaired) electrons. The van der Waals surface area contributed by atoms with Crippen LogP contribution in [0.4, 0.5) is 10.1 Å². The van der Waals surface area contributed by atoms with Crippen LogP contribution in [0.3, 0.4) is 0 Å². The predicted molar refractivity (Wildman–Crippen MR) is 93.8 cm³/mol. The van der Waals surface area contributed by atoms with Gasteiger partial charge < -0.3 is 10.1 Å². The number of rotatable bonds is 6. The van der Waals surface area contributed by atoms with E-state index in [2.05, 4.69) is 5.32 Å². The summed E-state index contributed by atoms with van der Waals surface area (Å²) in [6.45, 7) is 3.64. The number of aryl methyl sites for hydroxylation is 1. The molecule has 1 amide bonds. The number of halogens is 1. The van der Waals surface area contributed by atoms with Gasteiger partial charge >= 0.3 is 5.97 Å². The van der Waals surface area contributed by atoms with Gasteiger partial charge in [0.25, 0.3) is 0 Å². The molecule has 0 aliphatic carbocycles. The monoisotopic (exact) mass is 347 g/mol. The molecule has 0 fully saturated rings. The van der Waals surface area contributed by atoms with Gasteiger partial charge in [-0.15, -0.1) is 11.8 Å². The minimum Gasteiger partial charge on any atom is -0.426 e. The van der Waals surface area contributed by atoms with E-state index in [4.69, 9.17) is 4.74 Å². The maximum absolute atomic E-state index is 12.8. The number of carbonyl (C=O) groups excluding carboxylic acids is 2. The van der Waals surface area contributed by atoms with Crippen molar-refractivity contribution in [2.75, 3.05) is 11.1 Å². The average Bonchev–Trinajstić information content (AvgIpc) is 2.57. The zero-order valence-electron chi connectivity index (χ0n) is 13.4. The number of anilines is 1. The normalized spacial score (nSPS) is 11.6. The fourth-order valence-corrected chi connectivity index (χ4v) is 2.46. The first-order valence-electron chi connectivity index (χ1n) is 7.39. The lowest BCUT2D eigenvalue weighted by Crippen LogP contribution is -2.23. The summed E-state index contributed by atoms with van der Waals surface area (Å²) in [4.78, 5) is 23.8. The molecule has 2 rings (SSSR count). The van der Waals surface area contributed by atoms with Gasteiger partial charge in [0.05, 0.1) is 5.75 Å². The maximum atomic E-state index is 12.8.